The maximum Gasteiger partial charge on any atom is 0.255 e. The average Bonchev–Trinajstić information content (AvgIpc) is 2.51. The molecule has 2 rings (SSSR count). The molecule has 0 aliphatic rings. The molecule has 0 radical (unpaired) electrons. The van der Waals surface area contributed by atoms with E-state index in [0.29, 0.717) is 27.8 Å². The first kappa shape index (κ1) is 17.7. The van der Waals surface area contributed by atoms with E-state index < -0.39 is 10.0 Å². The molecule has 2 N–H and O–H groups in total. The van der Waals surface area contributed by atoms with Crippen LogP contribution in [0.15, 0.2) is 47.4 Å². The Hall–Kier alpha value is -1.60. The third kappa shape index (κ3) is 4.45. The van der Waals surface area contributed by atoms with Crippen molar-refractivity contribution in [3.63, 3.8) is 0 Å². The van der Waals surface area contributed by atoms with Gasteiger partial charge in [-0.1, -0.05) is 30.1 Å². The number of nitrogens with one attached hydrogen (secondary N) is 2. The monoisotopic (exact) mass is 372 g/mol. The van der Waals surface area contributed by atoms with Crippen LogP contribution in [0, 0.1) is 0 Å². The van der Waals surface area contributed by atoms with E-state index in [4.69, 9.17) is 23.2 Å². The van der Waals surface area contributed by atoms with Crippen molar-refractivity contribution in [2.75, 3.05) is 11.9 Å². The van der Waals surface area contributed by atoms with Crippen LogP contribution in [0.3, 0.4) is 0 Å². The van der Waals surface area contributed by atoms with Crippen LogP contribution in [0.4, 0.5) is 5.69 Å². The normalized spacial score (nSPS) is 11.3. The molecule has 2 aromatic carbocycles. The lowest BCUT2D eigenvalue weighted by Gasteiger charge is -2.08. The number of rotatable bonds is 5. The summed E-state index contributed by atoms with van der Waals surface area (Å²) in [5, 5.41) is 3.38. The van der Waals surface area contributed by atoms with Gasteiger partial charge in [0.25, 0.3) is 5.91 Å². The summed E-state index contributed by atoms with van der Waals surface area (Å²) >= 11 is 11.7. The Labute approximate surface area is 144 Å². The summed E-state index contributed by atoms with van der Waals surface area (Å²) in [5.41, 5.74) is 0.820. The molecule has 0 heterocycles. The van der Waals surface area contributed by atoms with E-state index in [-0.39, 0.29) is 10.8 Å². The van der Waals surface area contributed by atoms with Gasteiger partial charge in [0.1, 0.15) is 0 Å². The van der Waals surface area contributed by atoms with Crippen molar-refractivity contribution in [2.24, 2.45) is 0 Å². The maximum absolute atomic E-state index is 12.1. The number of carbonyl (C=O) groups is 1. The van der Waals surface area contributed by atoms with Gasteiger partial charge in [-0.15, -0.1) is 0 Å². The zero-order valence-electron chi connectivity index (χ0n) is 12.1. The van der Waals surface area contributed by atoms with Crippen molar-refractivity contribution in [1.82, 2.24) is 4.72 Å². The number of amides is 1. The molecule has 2 aromatic rings. The maximum atomic E-state index is 12.1. The summed E-state index contributed by atoms with van der Waals surface area (Å²) in [6.45, 7) is 1.98. The molecule has 0 saturated carbocycles. The zero-order valence-corrected chi connectivity index (χ0v) is 14.5. The molecule has 1 amide bonds. The number of hydrogen-bond acceptors (Lipinski definition) is 3. The smallest absolute Gasteiger partial charge is 0.255 e. The van der Waals surface area contributed by atoms with E-state index >= 15 is 0 Å². The molecule has 8 heteroatoms. The lowest BCUT2D eigenvalue weighted by atomic mass is 10.2. The van der Waals surface area contributed by atoms with Crippen molar-refractivity contribution >= 4 is 44.8 Å². The van der Waals surface area contributed by atoms with Gasteiger partial charge in [-0.3, -0.25) is 4.79 Å². The van der Waals surface area contributed by atoms with Crippen LogP contribution in [0.25, 0.3) is 0 Å². The number of anilines is 1. The van der Waals surface area contributed by atoms with E-state index in [1.165, 1.54) is 30.3 Å². The predicted octanol–water partition coefficient (Wildman–Crippen LogP) is 3.54. The van der Waals surface area contributed by atoms with Gasteiger partial charge < -0.3 is 5.32 Å². The van der Waals surface area contributed by atoms with Gasteiger partial charge in [-0.25, -0.2) is 13.1 Å². The van der Waals surface area contributed by atoms with Crippen LogP contribution in [0.2, 0.25) is 10.0 Å². The molecule has 5 nitrogen and oxygen atoms in total. The van der Waals surface area contributed by atoms with Gasteiger partial charge >= 0.3 is 0 Å². The van der Waals surface area contributed by atoms with E-state index in [0.717, 1.165) is 0 Å². The highest BCUT2D eigenvalue weighted by molar-refractivity contribution is 7.89. The lowest BCUT2D eigenvalue weighted by molar-refractivity contribution is 0.102. The fraction of sp³-hybridized carbons (Fsp3) is 0.133. The van der Waals surface area contributed by atoms with Gasteiger partial charge in [0.15, 0.2) is 0 Å². The molecule has 0 aromatic heterocycles. The lowest BCUT2D eigenvalue weighted by Crippen LogP contribution is -2.23. The van der Waals surface area contributed by atoms with Crippen LogP contribution < -0.4 is 10.0 Å². The number of carbonyl (C=O) groups excluding carboxylic acids is 1. The van der Waals surface area contributed by atoms with E-state index in [1.54, 1.807) is 19.1 Å². The van der Waals surface area contributed by atoms with Gasteiger partial charge in [0, 0.05) is 17.8 Å². The fourth-order valence-electron chi connectivity index (χ4n) is 1.84. The third-order valence-corrected chi connectivity index (χ3v) is 5.24. The largest absolute Gasteiger partial charge is 0.322 e. The van der Waals surface area contributed by atoms with Crippen molar-refractivity contribution in [3.8, 4) is 0 Å². The Kier molecular flexibility index (Phi) is 5.64. The van der Waals surface area contributed by atoms with Crippen LogP contribution in [-0.4, -0.2) is 20.9 Å². The highest BCUT2D eigenvalue weighted by Crippen LogP contribution is 2.25. The highest BCUT2D eigenvalue weighted by Gasteiger charge is 2.14. The SMILES string of the molecule is CCNS(=O)(=O)c1ccc(C(=O)Nc2ccc(Cl)c(Cl)c2)cc1. The summed E-state index contributed by atoms with van der Waals surface area (Å²) < 4.78 is 26.1. The van der Waals surface area contributed by atoms with Crippen molar-refractivity contribution in [2.45, 2.75) is 11.8 Å². The molecule has 0 spiro atoms. The van der Waals surface area contributed by atoms with Gasteiger partial charge in [-0.05, 0) is 42.5 Å². The summed E-state index contributed by atoms with van der Waals surface area (Å²) in [5.74, 6) is -0.379. The molecular weight excluding hydrogens is 359 g/mol. The summed E-state index contributed by atoms with van der Waals surface area (Å²) in [4.78, 5) is 12.2. The van der Waals surface area contributed by atoms with Gasteiger partial charge in [0.2, 0.25) is 10.0 Å². The molecule has 0 unspecified atom stereocenters. The molecule has 0 fully saturated rings. The first-order valence-corrected chi connectivity index (χ1v) is 8.93. The number of benzene rings is 2. The quantitative estimate of drug-likeness (QED) is 0.842. The van der Waals surface area contributed by atoms with Crippen LogP contribution in [0.1, 0.15) is 17.3 Å². The Morgan fingerprint density at radius 2 is 1.70 bits per heavy atom. The molecule has 0 aliphatic heterocycles. The molecule has 0 aliphatic carbocycles. The summed E-state index contributed by atoms with van der Waals surface area (Å²) in [6, 6.07) is 10.4. The number of sulfonamides is 1. The molecule has 0 atom stereocenters. The topological polar surface area (TPSA) is 75.3 Å². The second-order valence-electron chi connectivity index (χ2n) is 4.61. The molecule has 0 saturated heterocycles. The van der Waals surface area contributed by atoms with Crippen molar-refractivity contribution in [3.05, 3.63) is 58.1 Å². The number of halogens is 2. The predicted molar refractivity (Wildman–Crippen MR) is 91.7 cm³/mol. The summed E-state index contributed by atoms with van der Waals surface area (Å²) in [6.07, 6.45) is 0. The summed E-state index contributed by atoms with van der Waals surface area (Å²) in [7, 11) is -3.54. The first-order valence-electron chi connectivity index (χ1n) is 6.69. The Morgan fingerprint density at radius 3 is 2.26 bits per heavy atom. The minimum absolute atomic E-state index is 0.102. The minimum atomic E-state index is -3.54. The molecule has 0 bridgehead atoms. The molecule has 23 heavy (non-hydrogen) atoms. The highest BCUT2D eigenvalue weighted by atomic mass is 35.5. The van der Waals surface area contributed by atoms with E-state index in [9.17, 15) is 13.2 Å². The Morgan fingerprint density at radius 1 is 1.04 bits per heavy atom. The third-order valence-electron chi connectivity index (χ3n) is 2.94. The number of hydrogen-bond donors (Lipinski definition) is 2. The van der Waals surface area contributed by atoms with Crippen LogP contribution in [0.5, 0.6) is 0 Å². The second kappa shape index (κ2) is 7.31. The second-order valence-corrected chi connectivity index (χ2v) is 7.19. The van der Waals surface area contributed by atoms with Crippen LogP contribution >= 0.6 is 23.2 Å². The fourth-order valence-corrected chi connectivity index (χ4v) is 3.18. The standard InChI is InChI=1S/C15H14Cl2N2O3S/c1-2-18-23(21,22)12-6-3-10(4-7-12)15(20)19-11-5-8-13(16)14(17)9-11/h3-9,18H,2H2,1H3,(H,19,20). The first-order chi connectivity index (χ1) is 10.8. The van der Waals surface area contributed by atoms with E-state index in [1.807, 2.05) is 0 Å². The Bertz CT molecular complexity index is 821. The zero-order chi connectivity index (χ0) is 17.0. The van der Waals surface area contributed by atoms with Crippen molar-refractivity contribution < 1.29 is 13.2 Å². The van der Waals surface area contributed by atoms with E-state index in [2.05, 4.69) is 10.0 Å². The van der Waals surface area contributed by atoms with Crippen LogP contribution in [-0.2, 0) is 10.0 Å². The Balaban J connectivity index is 2.15. The van der Waals surface area contributed by atoms with Crippen molar-refractivity contribution in [1.29, 1.82) is 0 Å². The molecular formula is C15H14Cl2N2O3S. The van der Waals surface area contributed by atoms with Gasteiger partial charge in [-0.2, -0.15) is 0 Å². The minimum Gasteiger partial charge on any atom is -0.322 e. The average molecular weight is 373 g/mol. The molecule has 122 valence electrons. The van der Waals surface area contributed by atoms with Gasteiger partial charge in [0.05, 0.1) is 14.9 Å².